The molecule has 0 fully saturated rings. The molecule has 1 unspecified atom stereocenters. The summed E-state index contributed by atoms with van der Waals surface area (Å²) in [6.07, 6.45) is 2.77. The Morgan fingerprint density at radius 3 is 2.50 bits per heavy atom. The summed E-state index contributed by atoms with van der Waals surface area (Å²) in [5.74, 6) is 0. The monoisotopic (exact) mass is 143 g/mol. The third-order valence-electron chi connectivity index (χ3n) is 2.04. The number of allylic oxidation sites excluding steroid dienone is 1. The molecular weight excluding hydrogens is 126 g/mol. The predicted molar refractivity (Wildman–Crippen MR) is 43.0 cm³/mol. The van der Waals surface area contributed by atoms with E-state index in [2.05, 4.69) is 25.9 Å². The Balaban J connectivity index is 3.94. The van der Waals surface area contributed by atoms with Gasteiger partial charge in [-0.05, 0) is 18.8 Å². The Bertz CT molecular complexity index is 110. The molecule has 0 rings (SSSR count). The van der Waals surface area contributed by atoms with Gasteiger partial charge in [0, 0.05) is 6.04 Å². The molecule has 2 nitrogen and oxygen atoms in total. The van der Waals surface area contributed by atoms with E-state index in [0.29, 0.717) is 0 Å². The van der Waals surface area contributed by atoms with Crippen LogP contribution in [0, 0.1) is 5.41 Å². The van der Waals surface area contributed by atoms with Crippen molar-refractivity contribution in [2.75, 3.05) is 0 Å². The van der Waals surface area contributed by atoms with E-state index in [-0.39, 0.29) is 11.5 Å². The lowest BCUT2D eigenvalue weighted by atomic mass is 9.83. The number of hydroxylamine groups is 1. The lowest BCUT2D eigenvalue weighted by Gasteiger charge is -2.29. The number of nitrogens with one attached hydrogen (secondary N) is 1. The molecule has 0 radical (unpaired) electrons. The third kappa shape index (κ3) is 2.50. The molecule has 2 N–H and O–H groups in total. The molecule has 1 atom stereocenters. The maximum Gasteiger partial charge on any atom is 0.0345 e. The van der Waals surface area contributed by atoms with Gasteiger partial charge in [-0.2, -0.15) is 0 Å². The van der Waals surface area contributed by atoms with Crippen LogP contribution in [0.1, 0.15) is 27.2 Å². The first-order chi connectivity index (χ1) is 4.54. The number of hydrogen-bond acceptors (Lipinski definition) is 2. The largest absolute Gasteiger partial charge is 0.317 e. The molecule has 0 aliphatic rings. The van der Waals surface area contributed by atoms with Crippen molar-refractivity contribution in [2.45, 2.75) is 33.2 Å². The van der Waals surface area contributed by atoms with Gasteiger partial charge in [0.05, 0.1) is 0 Å². The summed E-state index contributed by atoms with van der Waals surface area (Å²) in [5, 5.41) is 8.61. The van der Waals surface area contributed by atoms with Crippen LogP contribution in [0.5, 0.6) is 0 Å². The molecule has 0 heterocycles. The quantitative estimate of drug-likeness (QED) is 0.465. The van der Waals surface area contributed by atoms with E-state index in [1.54, 1.807) is 0 Å². The predicted octanol–water partition coefficient (Wildman–Crippen LogP) is 1.96. The van der Waals surface area contributed by atoms with E-state index in [9.17, 15) is 0 Å². The number of rotatable bonds is 4. The Morgan fingerprint density at radius 2 is 2.20 bits per heavy atom. The zero-order valence-electron chi connectivity index (χ0n) is 7.02. The van der Waals surface area contributed by atoms with Gasteiger partial charge in [0.25, 0.3) is 0 Å². The molecule has 0 saturated heterocycles. The molecule has 0 aromatic heterocycles. The standard InChI is InChI=1S/C8H17NO/c1-5-6-8(3,4)7(2)9-10/h5,7,9-10H,1,6H2,2-4H3. The highest BCUT2D eigenvalue weighted by Gasteiger charge is 2.23. The Hall–Kier alpha value is -0.340. The molecule has 10 heavy (non-hydrogen) atoms. The lowest BCUT2D eigenvalue weighted by molar-refractivity contribution is 0.0748. The molecule has 2 heteroatoms. The topological polar surface area (TPSA) is 32.3 Å². The van der Waals surface area contributed by atoms with Crippen LogP contribution < -0.4 is 5.48 Å². The summed E-state index contributed by atoms with van der Waals surface area (Å²) in [4.78, 5) is 0. The van der Waals surface area contributed by atoms with Crippen molar-refractivity contribution in [1.29, 1.82) is 0 Å². The van der Waals surface area contributed by atoms with Crippen molar-refractivity contribution in [3.05, 3.63) is 12.7 Å². The zero-order valence-corrected chi connectivity index (χ0v) is 7.02. The van der Waals surface area contributed by atoms with Crippen LogP contribution in [0.25, 0.3) is 0 Å². The fourth-order valence-corrected chi connectivity index (χ4v) is 0.724. The molecule has 60 valence electrons. The minimum atomic E-state index is 0.0799. The second kappa shape index (κ2) is 3.74. The summed E-state index contributed by atoms with van der Waals surface area (Å²) in [7, 11) is 0. The SMILES string of the molecule is C=CCC(C)(C)C(C)NO. The normalized spacial score (nSPS) is 14.8. The summed E-state index contributed by atoms with van der Waals surface area (Å²) in [6, 6.07) is 0.102. The van der Waals surface area contributed by atoms with Gasteiger partial charge < -0.3 is 5.21 Å². The highest BCUT2D eigenvalue weighted by Crippen LogP contribution is 2.24. The average Bonchev–Trinajstić information content (AvgIpc) is 1.86. The van der Waals surface area contributed by atoms with Crippen LogP contribution in [-0.2, 0) is 0 Å². The number of hydrogen-bond donors (Lipinski definition) is 2. The van der Waals surface area contributed by atoms with Gasteiger partial charge in [-0.1, -0.05) is 19.9 Å². The maximum atomic E-state index is 8.61. The first-order valence-corrected chi connectivity index (χ1v) is 3.55. The van der Waals surface area contributed by atoms with Crippen LogP contribution in [0.4, 0.5) is 0 Å². The van der Waals surface area contributed by atoms with E-state index in [1.807, 2.05) is 13.0 Å². The van der Waals surface area contributed by atoms with Gasteiger partial charge in [0.15, 0.2) is 0 Å². The fourth-order valence-electron chi connectivity index (χ4n) is 0.724. The van der Waals surface area contributed by atoms with Gasteiger partial charge in [-0.3, -0.25) is 0 Å². The van der Waals surface area contributed by atoms with Gasteiger partial charge in [-0.25, -0.2) is 5.48 Å². The van der Waals surface area contributed by atoms with Crippen LogP contribution in [-0.4, -0.2) is 11.2 Å². The molecular formula is C8H17NO. The van der Waals surface area contributed by atoms with Gasteiger partial charge in [0.1, 0.15) is 0 Å². The van der Waals surface area contributed by atoms with Gasteiger partial charge in [0.2, 0.25) is 0 Å². The van der Waals surface area contributed by atoms with Gasteiger partial charge in [-0.15, -0.1) is 6.58 Å². The van der Waals surface area contributed by atoms with E-state index in [4.69, 9.17) is 5.21 Å². The second-order valence-corrected chi connectivity index (χ2v) is 3.33. The van der Waals surface area contributed by atoms with Crippen molar-refractivity contribution in [3.8, 4) is 0 Å². The molecule has 0 spiro atoms. The highest BCUT2D eigenvalue weighted by atomic mass is 16.5. The fraction of sp³-hybridized carbons (Fsp3) is 0.750. The summed E-state index contributed by atoms with van der Waals surface area (Å²) in [5.41, 5.74) is 2.32. The Kier molecular flexibility index (Phi) is 3.61. The van der Waals surface area contributed by atoms with Crippen molar-refractivity contribution >= 4 is 0 Å². The maximum absolute atomic E-state index is 8.61. The van der Waals surface area contributed by atoms with Crippen molar-refractivity contribution in [3.63, 3.8) is 0 Å². The first kappa shape index (κ1) is 9.66. The van der Waals surface area contributed by atoms with E-state index in [1.165, 1.54) is 0 Å². The Morgan fingerprint density at radius 1 is 1.70 bits per heavy atom. The molecule has 0 amide bonds. The van der Waals surface area contributed by atoms with Crippen molar-refractivity contribution < 1.29 is 5.21 Å². The summed E-state index contributed by atoms with van der Waals surface area (Å²) < 4.78 is 0. The van der Waals surface area contributed by atoms with Crippen molar-refractivity contribution in [1.82, 2.24) is 5.48 Å². The highest BCUT2D eigenvalue weighted by molar-refractivity contribution is 4.85. The average molecular weight is 143 g/mol. The third-order valence-corrected chi connectivity index (χ3v) is 2.04. The van der Waals surface area contributed by atoms with Crippen LogP contribution in [0.15, 0.2) is 12.7 Å². The molecule has 0 aromatic rings. The summed E-state index contributed by atoms with van der Waals surface area (Å²) in [6.45, 7) is 9.77. The van der Waals surface area contributed by atoms with Gasteiger partial charge >= 0.3 is 0 Å². The minimum absolute atomic E-state index is 0.0799. The Labute approximate surface area is 62.9 Å². The summed E-state index contributed by atoms with van der Waals surface area (Å²) >= 11 is 0. The molecule has 0 aliphatic heterocycles. The van der Waals surface area contributed by atoms with E-state index in [0.717, 1.165) is 6.42 Å². The smallest absolute Gasteiger partial charge is 0.0345 e. The molecule has 0 aliphatic carbocycles. The first-order valence-electron chi connectivity index (χ1n) is 3.55. The van der Waals surface area contributed by atoms with Crippen molar-refractivity contribution in [2.24, 2.45) is 5.41 Å². The zero-order chi connectivity index (χ0) is 8.20. The molecule has 0 saturated carbocycles. The molecule has 0 bridgehead atoms. The minimum Gasteiger partial charge on any atom is -0.317 e. The van der Waals surface area contributed by atoms with E-state index < -0.39 is 0 Å². The van der Waals surface area contributed by atoms with Crippen LogP contribution in [0.2, 0.25) is 0 Å². The lowest BCUT2D eigenvalue weighted by Crippen LogP contribution is -2.37. The van der Waals surface area contributed by atoms with E-state index >= 15 is 0 Å². The molecule has 0 aromatic carbocycles. The second-order valence-electron chi connectivity index (χ2n) is 3.33. The van der Waals surface area contributed by atoms with Crippen LogP contribution >= 0.6 is 0 Å². The van der Waals surface area contributed by atoms with Crippen LogP contribution in [0.3, 0.4) is 0 Å².